The van der Waals surface area contributed by atoms with Gasteiger partial charge in [-0.05, 0) is 50.3 Å². The summed E-state index contributed by atoms with van der Waals surface area (Å²) < 4.78 is 31.3. The molecule has 2 aliphatic rings. The minimum absolute atomic E-state index is 0.197. The highest BCUT2D eigenvalue weighted by Crippen LogP contribution is 2.45. The number of sulfone groups is 1. The highest BCUT2D eigenvalue weighted by molar-refractivity contribution is 7.92. The van der Waals surface area contributed by atoms with Crippen LogP contribution in [0.3, 0.4) is 0 Å². The Labute approximate surface area is 124 Å². The number of nitrogen functional groups attached to an aromatic ring is 1. The summed E-state index contributed by atoms with van der Waals surface area (Å²) in [6.45, 7) is 0.511. The molecule has 1 atom stereocenters. The number of anilines is 1. The average molecular weight is 316 g/mol. The fourth-order valence-electron chi connectivity index (χ4n) is 3.13. The number of benzene rings is 1. The summed E-state index contributed by atoms with van der Waals surface area (Å²) in [6, 6.07) is 4.58. The third-order valence-corrected chi connectivity index (χ3v) is 6.93. The second kappa shape index (κ2) is 4.90. The Kier molecular flexibility index (Phi) is 3.47. The Bertz CT molecular complexity index is 625. The van der Waals surface area contributed by atoms with Crippen molar-refractivity contribution in [2.24, 2.45) is 0 Å². The maximum atomic E-state index is 12.8. The van der Waals surface area contributed by atoms with Crippen LogP contribution in [-0.2, 0) is 14.6 Å². The molecule has 1 spiro atoms. The van der Waals surface area contributed by atoms with Crippen LogP contribution in [0.15, 0.2) is 23.1 Å². The van der Waals surface area contributed by atoms with Crippen molar-refractivity contribution < 1.29 is 13.2 Å². The fourth-order valence-corrected chi connectivity index (χ4v) is 5.24. The molecule has 1 saturated heterocycles. The van der Waals surface area contributed by atoms with E-state index in [-0.39, 0.29) is 16.2 Å². The van der Waals surface area contributed by atoms with E-state index in [1.165, 1.54) is 12.1 Å². The molecule has 0 bridgehead atoms. The van der Waals surface area contributed by atoms with Crippen molar-refractivity contribution in [3.63, 3.8) is 0 Å². The van der Waals surface area contributed by atoms with E-state index in [9.17, 15) is 8.42 Å². The van der Waals surface area contributed by atoms with Gasteiger partial charge >= 0.3 is 0 Å². The van der Waals surface area contributed by atoms with Crippen LogP contribution < -0.4 is 5.73 Å². The van der Waals surface area contributed by atoms with Gasteiger partial charge in [0.15, 0.2) is 9.84 Å². The van der Waals surface area contributed by atoms with Crippen molar-refractivity contribution in [1.29, 1.82) is 0 Å². The lowest BCUT2D eigenvalue weighted by Crippen LogP contribution is -2.49. The standard InChI is InChI=1S/C14H18ClNO3S/c15-10-2-3-13(12(16)8-10)20(17,18)11-4-7-19-14(9-11)5-1-6-14/h2-3,8,11H,1,4-7,9,16H2. The Morgan fingerprint density at radius 3 is 2.70 bits per heavy atom. The summed E-state index contributed by atoms with van der Waals surface area (Å²) in [6.07, 6.45) is 4.17. The first-order chi connectivity index (χ1) is 9.43. The van der Waals surface area contributed by atoms with Crippen LogP contribution in [-0.4, -0.2) is 25.9 Å². The molecule has 20 heavy (non-hydrogen) atoms. The third kappa shape index (κ3) is 2.32. The zero-order valence-electron chi connectivity index (χ0n) is 11.1. The molecule has 4 nitrogen and oxygen atoms in total. The van der Waals surface area contributed by atoms with E-state index in [0.29, 0.717) is 24.5 Å². The van der Waals surface area contributed by atoms with E-state index in [1.807, 2.05) is 0 Å². The molecule has 6 heteroatoms. The second-order valence-electron chi connectivity index (χ2n) is 5.73. The zero-order valence-corrected chi connectivity index (χ0v) is 12.7. The first-order valence-corrected chi connectivity index (χ1v) is 8.78. The number of ether oxygens (including phenoxy) is 1. The molecule has 2 N–H and O–H groups in total. The van der Waals surface area contributed by atoms with Gasteiger partial charge in [-0.1, -0.05) is 11.6 Å². The minimum Gasteiger partial charge on any atom is -0.398 e. The predicted molar refractivity (Wildman–Crippen MR) is 78.6 cm³/mol. The van der Waals surface area contributed by atoms with E-state index in [1.54, 1.807) is 6.07 Å². The number of hydrogen-bond donors (Lipinski definition) is 1. The molecular weight excluding hydrogens is 298 g/mol. The predicted octanol–water partition coefficient (Wildman–Crippen LogP) is 2.80. The van der Waals surface area contributed by atoms with Gasteiger partial charge in [0.1, 0.15) is 0 Å². The van der Waals surface area contributed by atoms with Gasteiger partial charge in [0.05, 0.1) is 21.4 Å². The molecule has 1 aromatic carbocycles. The maximum absolute atomic E-state index is 12.8. The van der Waals surface area contributed by atoms with Gasteiger partial charge in [-0.15, -0.1) is 0 Å². The van der Waals surface area contributed by atoms with Crippen LogP contribution in [0.25, 0.3) is 0 Å². The highest BCUT2D eigenvalue weighted by Gasteiger charge is 2.46. The van der Waals surface area contributed by atoms with Crippen LogP contribution in [0.5, 0.6) is 0 Å². The van der Waals surface area contributed by atoms with Gasteiger partial charge in [-0.25, -0.2) is 8.42 Å². The van der Waals surface area contributed by atoms with Crippen molar-refractivity contribution in [2.45, 2.75) is 47.9 Å². The largest absolute Gasteiger partial charge is 0.398 e. The van der Waals surface area contributed by atoms with Crippen molar-refractivity contribution in [3.8, 4) is 0 Å². The second-order valence-corrected chi connectivity index (χ2v) is 8.36. The number of halogens is 1. The van der Waals surface area contributed by atoms with E-state index in [0.717, 1.165) is 19.3 Å². The minimum atomic E-state index is -3.42. The van der Waals surface area contributed by atoms with Crippen LogP contribution in [0, 0.1) is 0 Å². The summed E-state index contributed by atoms with van der Waals surface area (Å²) in [5.74, 6) is 0. The molecule has 3 rings (SSSR count). The van der Waals surface area contributed by atoms with Gasteiger partial charge in [-0.3, -0.25) is 0 Å². The highest BCUT2D eigenvalue weighted by atomic mass is 35.5. The molecular formula is C14H18ClNO3S. The average Bonchev–Trinajstić information content (AvgIpc) is 2.36. The fraction of sp³-hybridized carbons (Fsp3) is 0.571. The molecule has 1 aliphatic heterocycles. The number of rotatable bonds is 2. The Morgan fingerprint density at radius 2 is 2.10 bits per heavy atom. The van der Waals surface area contributed by atoms with Crippen molar-refractivity contribution in [3.05, 3.63) is 23.2 Å². The monoisotopic (exact) mass is 315 g/mol. The number of nitrogens with two attached hydrogens (primary N) is 1. The summed E-state index contributed by atoms with van der Waals surface area (Å²) >= 11 is 5.83. The lowest BCUT2D eigenvalue weighted by molar-refractivity contribution is -0.125. The van der Waals surface area contributed by atoms with Crippen molar-refractivity contribution in [1.82, 2.24) is 0 Å². The van der Waals surface area contributed by atoms with Crippen LogP contribution in [0.1, 0.15) is 32.1 Å². The van der Waals surface area contributed by atoms with E-state index < -0.39 is 15.1 Å². The van der Waals surface area contributed by atoms with E-state index in [2.05, 4.69) is 0 Å². The SMILES string of the molecule is Nc1cc(Cl)ccc1S(=O)(=O)C1CCOC2(CCC2)C1. The summed E-state index contributed by atoms with van der Waals surface area (Å²) in [5.41, 5.74) is 5.86. The third-order valence-electron chi connectivity index (χ3n) is 4.43. The molecule has 1 heterocycles. The Morgan fingerprint density at radius 1 is 1.35 bits per heavy atom. The van der Waals surface area contributed by atoms with Crippen LogP contribution in [0.4, 0.5) is 5.69 Å². The first kappa shape index (κ1) is 14.2. The smallest absolute Gasteiger partial charge is 0.183 e. The molecule has 1 aromatic rings. The Hall–Kier alpha value is -0.780. The zero-order chi connectivity index (χ0) is 14.4. The van der Waals surface area contributed by atoms with Gasteiger partial charge in [0.25, 0.3) is 0 Å². The van der Waals surface area contributed by atoms with Crippen molar-refractivity contribution in [2.75, 3.05) is 12.3 Å². The quantitative estimate of drug-likeness (QED) is 0.852. The lowest BCUT2D eigenvalue weighted by atomic mass is 9.75. The molecule has 1 saturated carbocycles. The molecule has 1 unspecified atom stereocenters. The topological polar surface area (TPSA) is 69.4 Å². The molecule has 0 amide bonds. The van der Waals surface area contributed by atoms with Gasteiger partial charge in [-0.2, -0.15) is 0 Å². The molecule has 2 fully saturated rings. The van der Waals surface area contributed by atoms with Gasteiger partial charge in [0.2, 0.25) is 0 Å². The molecule has 1 aliphatic carbocycles. The van der Waals surface area contributed by atoms with Crippen molar-refractivity contribution >= 4 is 27.1 Å². The van der Waals surface area contributed by atoms with Gasteiger partial charge < -0.3 is 10.5 Å². The summed E-state index contributed by atoms with van der Waals surface area (Å²) in [4.78, 5) is 0.197. The normalized spacial score (nSPS) is 25.4. The van der Waals surface area contributed by atoms with Crippen LogP contribution >= 0.6 is 11.6 Å². The Balaban J connectivity index is 1.91. The first-order valence-electron chi connectivity index (χ1n) is 6.86. The van der Waals surface area contributed by atoms with E-state index in [4.69, 9.17) is 22.1 Å². The van der Waals surface area contributed by atoms with Crippen LogP contribution in [0.2, 0.25) is 5.02 Å². The summed E-state index contributed by atoms with van der Waals surface area (Å²) in [5, 5.41) is 0.0453. The molecule has 110 valence electrons. The number of hydrogen-bond acceptors (Lipinski definition) is 4. The maximum Gasteiger partial charge on any atom is 0.183 e. The molecule has 0 radical (unpaired) electrons. The van der Waals surface area contributed by atoms with Gasteiger partial charge in [0, 0.05) is 11.6 Å². The lowest BCUT2D eigenvalue weighted by Gasteiger charge is -2.46. The molecule has 0 aromatic heterocycles. The van der Waals surface area contributed by atoms with E-state index >= 15 is 0 Å². The summed E-state index contributed by atoms with van der Waals surface area (Å²) in [7, 11) is -3.42.